The van der Waals surface area contributed by atoms with Crippen molar-refractivity contribution in [1.82, 2.24) is 4.90 Å². The van der Waals surface area contributed by atoms with Crippen molar-refractivity contribution in [3.63, 3.8) is 0 Å². The largest absolute Gasteiger partial charge is 0.494 e. The van der Waals surface area contributed by atoms with Gasteiger partial charge in [0.2, 0.25) is 0 Å². The molecule has 0 unspecified atom stereocenters. The summed E-state index contributed by atoms with van der Waals surface area (Å²) >= 11 is 0. The van der Waals surface area contributed by atoms with Gasteiger partial charge in [0.05, 0.1) is 32.3 Å². The molecule has 0 aromatic heterocycles. The van der Waals surface area contributed by atoms with Crippen molar-refractivity contribution in [3.8, 4) is 17.2 Å². The molecule has 31 heavy (non-hydrogen) atoms. The molecule has 1 saturated heterocycles. The Hall–Kier alpha value is -2.74. The molecule has 7 nitrogen and oxygen atoms in total. The van der Waals surface area contributed by atoms with Crippen LogP contribution in [0.1, 0.15) is 35.7 Å². The van der Waals surface area contributed by atoms with Crippen LogP contribution in [0.3, 0.4) is 0 Å². The Morgan fingerprint density at radius 3 is 2.35 bits per heavy atom. The topological polar surface area (TPSA) is 82.1 Å². The van der Waals surface area contributed by atoms with Gasteiger partial charge in [0, 0.05) is 18.2 Å². The molecular formula is C23H29NO6S. The molecule has 0 N–H and O–H groups in total. The van der Waals surface area contributed by atoms with E-state index in [1.807, 2.05) is 19.1 Å². The van der Waals surface area contributed by atoms with Crippen LogP contribution in [0.2, 0.25) is 0 Å². The zero-order valence-corrected chi connectivity index (χ0v) is 19.0. The van der Waals surface area contributed by atoms with Gasteiger partial charge in [-0.2, -0.15) is 0 Å². The number of hydrogen-bond donors (Lipinski definition) is 0. The third-order valence-corrected chi connectivity index (χ3v) is 7.04. The number of hydrogen-bond acceptors (Lipinski definition) is 6. The molecule has 1 fully saturated rings. The second kappa shape index (κ2) is 10.0. The van der Waals surface area contributed by atoms with Crippen molar-refractivity contribution in [2.45, 2.75) is 32.4 Å². The number of carbonyl (C=O) groups excluding carboxylic acids is 1. The quantitative estimate of drug-likeness (QED) is 0.587. The highest BCUT2D eigenvalue weighted by Gasteiger charge is 2.35. The molecule has 8 heteroatoms. The van der Waals surface area contributed by atoms with Gasteiger partial charge in [-0.25, -0.2) is 8.42 Å². The molecule has 1 heterocycles. The minimum Gasteiger partial charge on any atom is -0.494 e. The summed E-state index contributed by atoms with van der Waals surface area (Å²) in [5, 5.41) is 0. The SMILES string of the molecule is CCCOc1ccc(C(=O)N(Cc2ccc(OC)c(OC)c2)[C@H]2CCS(=O)(=O)C2)cc1. The molecule has 168 valence electrons. The number of amides is 1. The van der Waals surface area contributed by atoms with Crippen LogP contribution in [-0.2, 0) is 16.4 Å². The Labute approximate surface area is 183 Å². The summed E-state index contributed by atoms with van der Waals surface area (Å²) in [7, 11) is -0.0356. The van der Waals surface area contributed by atoms with Gasteiger partial charge in [-0.1, -0.05) is 13.0 Å². The fraction of sp³-hybridized carbons (Fsp3) is 0.435. The average Bonchev–Trinajstić information content (AvgIpc) is 3.15. The summed E-state index contributed by atoms with van der Waals surface area (Å²) in [6, 6.07) is 12.0. The Bertz CT molecular complexity index is 1000. The Morgan fingerprint density at radius 2 is 1.77 bits per heavy atom. The van der Waals surface area contributed by atoms with Gasteiger partial charge in [-0.15, -0.1) is 0 Å². The summed E-state index contributed by atoms with van der Waals surface area (Å²) in [4.78, 5) is 15.0. The van der Waals surface area contributed by atoms with Crippen LogP contribution < -0.4 is 14.2 Å². The molecule has 2 aromatic carbocycles. The smallest absolute Gasteiger partial charge is 0.254 e. The second-order valence-electron chi connectivity index (χ2n) is 7.55. The van der Waals surface area contributed by atoms with Gasteiger partial charge < -0.3 is 19.1 Å². The lowest BCUT2D eigenvalue weighted by atomic mass is 10.1. The number of rotatable bonds is 9. The van der Waals surface area contributed by atoms with Gasteiger partial charge in [-0.3, -0.25) is 4.79 Å². The fourth-order valence-corrected chi connectivity index (χ4v) is 5.37. The van der Waals surface area contributed by atoms with Crippen LogP contribution in [0.15, 0.2) is 42.5 Å². The average molecular weight is 448 g/mol. The Balaban J connectivity index is 1.87. The lowest BCUT2D eigenvalue weighted by Gasteiger charge is -2.29. The van der Waals surface area contributed by atoms with Gasteiger partial charge >= 0.3 is 0 Å². The van der Waals surface area contributed by atoms with E-state index in [1.54, 1.807) is 49.5 Å². The van der Waals surface area contributed by atoms with Crippen LogP contribution in [0.5, 0.6) is 17.2 Å². The van der Waals surface area contributed by atoms with Gasteiger partial charge in [0.1, 0.15) is 5.75 Å². The van der Waals surface area contributed by atoms with Gasteiger partial charge in [0.15, 0.2) is 21.3 Å². The number of benzene rings is 2. The summed E-state index contributed by atoms with van der Waals surface area (Å²) < 4.78 is 40.4. The van der Waals surface area contributed by atoms with E-state index in [1.165, 1.54) is 0 Å². The van der Waals surface area contributed by atoms with Crippen LogP contribution in [0, 0.1) is 0 Å². The molecule has 1 amide bonds. The number of carbonyl (C=O) groups is 1. The first-order chi connectivity index (χ1) is 14.9. The minimum absolute atomic E-state index is 0.0241. The van der Waals surface area contributed by atoms with Crippen LogP contribution >= 0.6 is 0 Å². The van der Waals surface area contributed by atoms with Crippen molar-refractivity contribution in [2.24, 2.45) is 0 Å². The first-order valence-corrected chi connectivity index (χ1v) is 12.1. The van der Waals surface area contributed by atoms with Crippen LogP contribution in [0.25, 0.3) is 0 Å². The lowest BCUT2D eigenvalue weighted by molar-refractivity contribution is 0.0680. The van der Waals surface area contributed by atoms with Crippen molar-refractivity contribution in [2.75, 3.05) is 32.3 Å². The summed E-state index contributed by atoms with van der Waals surface area (Å²) in [5.74, 6) is 1.72. The number of ether oxygens (including phenoxy) is 3. The Morgan fingerprint density at radius 1 is 1.06 bits per heavy atom. The maximum Gasteiger partial charge on any atom is 0.254 e. The molecule has 1 aliphatic heterocycles. The van der Waals surface area contributed by atoms with E-state index in [4.69, 9.17) is 14.2 Å². The molecule has 1 aliphatic rings. The van der Waals surface area contributed by atoms with E-state index in [0.29, 0.717) is 35.8 Å². The number of nitrogens with zero attached hydrogens (tertiary/aromatic N) is 1. The zero-order chi connectivity index (χ0) is 22.4. The standard InChI is InChI=1S/C23H29NO6S/c1-4-12-30-20-8-6-18(7-9-20)23(25)24(19-11-13-31(26,27)16-19)15-17-5-10-21(28-2)22(14-17)29-3/h5-10,14,19H,4,11-13,15-16H2,1-3H3/t19-/m0/s1. The van der Waals surface area contributed by atoms with Crippen molar-refractivity contribution in [3.05, 3.63) is 53.6 Å². The molecule has 0 spiro atoms. The van der Waals surface area contributed by atoms with Crippen molar-refractivity contribution in [1.29, 1.82) is 0 Å². The number of methoxy groups -OCH3 is 2. The summed E-state index contributed by atoms with van der Waals surface area (Å²) in [6.45, 7) is 2.91. The van der Waals surface area contributed by atoms with E-state index in [2.05, 4.69) is 0 Å². The van der Waals surface area contributed by atoms with E-state index >= 15 is 0 Å². The van der Waals surface area contributed by atoms with Crippen LogP contribution in [0.4, 0.5) is 0 Å². The van der Waals surface area contributed by atoms with E-state index in [9.17, 15) is 13.2 Å². The van der Waals surface area contributed by atoms with E-state index in [0.717, 1.165) is 12.0 Å². The first-order valence-electron chi connectivity index (χ1n) is 10.3. The maximum absolute atomic E-state index is 13.4. The molecule has 1 atom stereocenters. The van der Waals surface area contributed by atoms with Gasteiger partial charge in [0.25, 0.3) is 5.91 Å². The highest BCUT2D eigenvalue weighted by molar-refractivity contribution is 7.91. The highest BCUT2D eigenvalue weighted by atomic mass is 32.2. The summed E-state index contributed by atoms with van der Waals surface area (Å²) in [6.07, 6.45) is 1.33. The predicted octanol–water partition coefficient (Wildman–Crippen LogP) is 3.32. The molecule has 2 aromatic rings. The van der Waals surface area contributed by atoms with E-state index in [-0.39, 0.29) is 30.0 Å². The molecule has 0 radical (unpaired) electrons. The fourth-order valence-electron chi connectivity index (χ4n) is 3.64. The minimum atomic E-state index is -3.15. The van der Waals surface area contributed by atoms with Crippen molar-refractivity contribution < 1.29 is 27.4 Å². The summed E-state index contributed by atoms with van der Waals surface area (Å²) in [5.41, 5.74) is 1.33. The van der Waals surface area contributed by atoms with E-state index < -0.39 is 9.84 Å². The molecule has 3 rings (SSSR count). The molecular weight excluding hydrogens is 418 g/mol. The first kappa shape index (κ1) is 22.9. The molecule has 0 saturated carbocycles. The third kappa shape index (κ3) is 5.70. The van der Waals surface area contributed by atoms with Gasteiger partial charge in [-0.05, 0) is 54.8 Å². The molecule has 0 aliphatic carbocycles. The second-order valence-corrected chi connectivity index (χ2v) is 9.78. The zero-order valence-electron chi connectivity index (χ0n) is 18.2. The predicted molar refractivity (Wildman–Crippen MR) is 119 cm³/mol. The van der Waals surface area contributed by atoms with Crippen molar-refractivity contribution >= 4 is 15.7 Å². The normalized spacial score (nSPS) is 17.2. The van der Waals surface area contributed by atoms with Crippen LogP contribution in [-0.4, -0.2) is 57.6 Å². The third-order valence-electron chi connectivity index (χ3n) is 5.29. The lowest BCUT2D eigenvalue weighted by Crippen LogP contribution is -2.40. The Kier molecular flexibility index (Phi) is 7.43. The number of sulfone groups is 1. The molecule has 0 bridgehead atoms. The highest BCUT2D eigenvalue weighted by Crippen LogP contribution is 2.30. The maximum atomic E-state index is 13.4. The monoisotopic (exact) mass is 447 g/mol.